The molecule has 0 N–H and O–H groups in total. The molecule has 3 rings (SSSR count). The molecular formula is C18H22N2O2. The summed E-state index contributed by atoms with van der Waals surface area (Å²) in [6, 6.07) is 12.5. The summed E-state index contributed by atoms with van der Waals surface area (Å²) in [7, 11) is 0. The van der Waals surface area contributed by atoms with Crippen LogP contribution in [0.2, 0.25) is 0 Å². The summed E-state index contributed by atoms with van der Waals surface area (Å²) in [6.45, 7) is 7.04. The molecule has 0 atom stereocenters. The van der Waals surface area contributed by atoms with Crippen molar-refractivity contribution in [3.05, 3.63) is 35.9 Å². The predicted molar refractivity (Wildman–Crippen MR) is 83.2 cm³/mol. The van der Waals surface area contributed by atoms with Gasteiger partial charge >= 0.3 is 6.09 Å². The van der Waals surface area contributed by atoms with Crippen LogP contribution in [0, 0.1) is 16.7 Å². The number of likely N-dealkylation sites (tertiary alicyclic amines) is 1. The highest BCUT2D eigenvalue weighted by Crippen LogP contribution is 2.59. The largest absolute Gasteiger partial charge is 0.444 e. The standard InChI is InChI=1S/C18H22N2O2/c1-16(2,3)22-15(21)20-12-17(13-20)9-18(10-17,11-19)14-7-5-4-6-8-14/h4-8H,9-10,12-13H2,1-3H3. The number of carbonyl (C=O) groups is 1. The third-order valence-electron chi connectivity index (χ3n) is 4.60. The van der Waals surface area contributed by atoms with Crippen molar-refractivity contribution < 1.29 is 9.53 Å². The first kappa shape index (κ1) is 14.9. The van der Waals surface area contributed by atoms with Crippen LogP contribution in [0.25, 0.3) is 0 Å². The molecule has 0 radical (unpaired) electrons. The Labute approximate surface area is 131 Å². The van der Waals surface area contributed by atoms with E-state index in [1.165, 1.54) is 0 Å². The minimum atomic E-state index is -0.458. The topological polar surface area (TPSA) is 53.3 Å². The summed E-state index contributed by atoms with van der Waals surface area (Å²) >= 11 is 0. The monoisotopic (exact) mass is 298 g/mol. The quantitative estimate of drug-likeness (QED) is 0.797. The Morgan fingerprint density at radius 3 is 2.32 bits per heavy atom. The number of hydrogen-bond acceptors (Lipinski definition) is 3. The van der Waals surface area contributed by atoms with Crippen LogP contribution >= 0.6 is 0 Å². The Morgan fingerprint density at radius 1 is 1.23 bits per heavy atom. The van der Waals surface area contributed by atoms with Crippen LogP contribution in [0.4, 0.5) is 4.79 Å². The van der Waals surface area contributed by atoms with Gasteiger partial charge in [0.15, 0.2) is 0 Å². The lowest BCUT2D eigenvalue weighted by Crippen LogP contribution is -2.68. The maximum absolute atomic E-state index is 12.0. The van der Waals surface area contributed by atoms with Crippen molar-refractivity contribution in [2.24, 2.45) is 5.41 Å². The van der Waals surface area contributed by atoms with Gasteiger partial charge in [-0.1, -0.05) is 30.3 Å². The molecule has 116 valence electrons. The molecule has 1 saturated carbocycles. The number of nitrogens with zero attached hydrogens (tertiary/aromatic N) is 2. The van der Waals surface area contributed by atoms with Gasteiger partial charge in [0.25, 0.3) is 0 Å². The van der Waals surface area contributed by atoms with Crippen molar-refractivity contribution in [2.45, 2.75) is 44.6 Å². The van der Waals surface area contributed by atoms with Gasteiger partial charge in [-0.25, -0.2) is 4.79 Å². The van der Waals surface area contributed by atoms with Crippen LogP contribution in [-0.4, -0.2) is 29.7 Å². The van der Waals surface area contributed by atoms with Crippen molar-refractivity contribution in [3.8, 4) is 6.07 Å². The van der Waals surface area contributed by atoms with E-state index in [0.717, 1.165) is 18.4 Å². The van der Waals surface area contributed by atoms with Crippen molar-refractivity contribution in [3.63, 3.8) is 0 Å². The van der Waals surface area contributed by atoms with Crippen LogP contribution in [0.1, 0.15) is 39.2 Å². The molecule has 4 heteroatoms. The maximum Gasteiger partial charge on any atom is 0.410 e. The summed E-state index contributed by atoms with van der Waals surface area (Å²) in [5.74, 6) is 0. The molecule has 0 aromatic heterocycles. The number of rotatable bonds is 1. The average molecular weight is 298 g/mol. The Morgan fingerprint density at radius 2 is 1.82 bits per heavy atom. The van der Waals surface area contributed by atoms with Crippen LogP contribution in [0.5, 0.6) is 0 Å². The highest BCUT2D eigenvalue weighted by atomic mass is 16.6. The fourth-order valence-electron chi connectivity index (χ4n) is 3.78. The fraction of sp³-hybridized carbons (Fsp3) is 0.556. The van der Waals surface area contributed by atoms with Gasteiger partial charge in [0.05, 0.1) is 11.5 Å². The Balaban J connectivity index is 1.61. The molecule has 1 heterocycles. The maximum atomic E-state index is 12.0. The number of carbonyl (C=O) groups excluding carboxylic acids is 1. The van der Waals surface area contributed by atoms with E-state index in [2.05, 4.69) is 6.07 Å². The second-order valence-corrected chi connectivity index (χ2v) is 7.75. The molecule has 4 nitrogen and oxygen atoms in total. The molecule has 1 amide bonds. The van der Waals surface area contributed by atoms with E-state index in [-0.39, 0.29) is 16.9 Å². The first-order chi connectivity index (χ1) is 10.3. The number of hydrogen-bond donors (Lipinski definition) is 0. The first-order valence-electron chi connectivity index (χ1n) is 7.72. The lowest BCUT2D eigenvalue weighted by atomic mass is 9.48. The Kier molecular flexibility index (Phi) is 3.21. The van der Waals surface area contributed by atoms with Gasteiger partial charge in [-0.3, -0.25) is 0 Å². The lowest BCUT2D eigenvalue weighted by molar-refractivity contribution is -0.0942. The highest BCUT2D eigenvalue weighted by Gasteiger charge is 2.62. The molecule has 0 bridgehead atoms. The number of benzene rings is 1. The molecule has 1 spiro atoms. The predicted octanol–water partition coefficient (Wildman–Crippen LogP) is 3.48. The average Bonchev–Trinajstić information content (AvgIpc) is 2.35. The molecule has 22 heavy (non-hydrogen) atoms. The van der Waals surface area contributed by atoms with Gasteiger partial charge in [0.2, 0.25) is 0 Å². The Hall–Kier alpha value is -2.02. The van der Waals surface area contributed by atoms with Gasteiger partial charge in [0, 0.05) is 18.5 Å². The second kappa shape index (κ2) is 4.74. The van der Waals surface area contributed by atoms with Gasteiger partial charge in [-0.2, -0.15) is 5.26 Å². The molecule has 1 aliphatic heterocycles. The SMILES string of the molecule is CC(C)(C)OC(=O)N1CC2(C1)CC(C#N)(c1ccccc1)C2. The van der Waals surface area contributed by atoms with Crippen LogP contribution in [-0.2, 0) is 10.2 Å². The molecular weight excluding hydrogens is 276 g/mol. The van der Waals surface area contributed by atoms with E-state index in [9.17, 15) is 10.1 Å². The third-order valence-corrected chi connectivity index (χ3v) is 4.60. The molecule has 2 aliphatic rings. The highest BCUT2D eigenvalue weighted by molar-refractivity contribution is 5.69. The van der Waals surface area contributed by atoms with E-state index in [1.807, 2.05) is 51.1 Å². The van der Waals surface area contributed by atoms with E-state index in [0.29, 0.717) is 13.1 Å². The van der Waals surface area contributed by atoms with E-state index in [1.54, 1.807) is 4.90 Å². The van der Waals surface area contributed by atoms with Crippen molar-refractivity contribution in [2.75, 3.05) is 13.1 Å². The molecule has 1 saturated heterocycles. The van der Waals surface area contributed by atoms with Crippen molar-refractivity contribution in [1.82, 2.24) is 4.90 Å². The smallest absolute Gasteiger partial charge is 0.410 e. The van der Waals surface area contributed by atoms with Gasteiger partial charge in [-0.05, 0) is 39.2 Å². The molecule has 2 fully saturated rings. The van der Waals surface area contributed by atoms with Crippen molar-refractivity contribution >= 4 is 6.09 Å². The number of ether oxygens (including phenoxy) is 1. The number of nitriles is 1. The summed E-state index contributed by atoms with van der Waals surface area (Å²) in [6.07, 6.45) is 1.42. The first-order valence-corrected chi connectivity index (χ1v) is 7.72. The third kappa shape index (κ3) is 2.45. The van der Waals surface area contributed by atoms with Gasteiger partial charge in [-0.15, -0.1) is 0 Å². The molecule has 0 unspecified atom stereocenters. The fourth-order valence-corrected chi connectivity index (χ4v) is 3.78. The zero-order chi connectivity index (χ0) is 16.0. The van der Waals surface area contributed by atoms with E-state index < -0.39 is 5.60 Å². The van der Waals surface area contributed by atoms with Gasteiger partial charge < -0.3 is 9.64 Å². The zero-order valence-electron chi connectivity index (χ0n) is 13.4. The van der Waals surface area contributed by atoms with E-state index in [4.69, 9.17) is 4.74 Å². The van der Waals surface area contributed by atoms with Crippen LogP contribution in [0.15, 0.2) is 30.3 Å². The number of amides is 1. The zero-order valence-corrected chi connectivity index (χ0v) is 13.4. The second-order valence-electron chi connectivity index (χ2n) is 7.75. The van der Waals surface area contributed by atoms with Crippen LogP contribution in [0.3, 0.4) is 0 Å². The summed E-state index contributed by atoms with van der Waals surface area (Å²) < 4.78 is 5.39. The normalized spacial score (nSPS) is 21.5. The van der Waals surface area contributed by atoms with Crippen molar-refractivity contribution in [1.29, 1.82) is 5.26 Å². The minimum absolute atomic E-state index is 0.114. The minimum Gasteiger partial charge on any atom is -0.444 e. The van der Waals surface area contributed by atoms with E-state index >= 15 is 0 Å². The van der Waals surface area contributed by atoms with Crippen LogP contribution < -0.4 is 0 Å². The summed E-state index contributed by atoms with van der Waals surface area (Å²) in [5.41, 5.74) is 0.378. The summed E-state index contributed by atoms with van der Waals surface area (Å²) in [4.78, 5) is 13.8. The summed E-state index contributed by atoms with van der Waals surface area (Å²) in [5, 5.41) is 9.61. The van der Waals surface area contributed by atoms with Gasteiger partial charge in [0.1, 0.15) is 5.60 Å². The molecule has 1 aromatic rings. The lowest BCUT2D eigenvalue weighted by Gasteiger charge is -2.61. The Bertz CT molecular complexity index is 611. The molecule has 1 aliphatic carbocycles. The molecule has 1 aromatic carbocycles.